The van der Waals surface area contributed by atoms with Gasteiger partial charge in [0.1, 0.15) is 11.4 Å². The molecule has 1 aromatic heterocycles. The summed E-state index contributed by atoms with van der Waals surface area (Å²) in [7, 11) is 1.51. The molecule has 4 N–H and O–H groups in total. The molecule has 2 aromatic rings. The van der Waals surface area contributed by atoms with Crippen molar-refractivity contribution in [2.75, 3.05) is 23.9 Å². The van der Waals surface area contributed by atoms with Crippen LogP contribution in [0.4, 0.5) is 11.5 Å². The Bertz CT molecular complexity index is 928. The molecule has 2 aliphatic rings. The number of hydrogen-bond acceptors (Lipinski definition) is 6. The second-order valence-corrected chi connectivity index (χ2v) is 6.74. The number of ether oxygens (including phenoxy) is 1. The van der Waals surface area contributed by atoms with Gasteiger partial charge in [-0.2, -0.15) is 4.98 Å². The summed E-state index contributed by atoms with van der Waals surface area (Å²) in [5.41, 5.74) is 8.28. The monoisotopic (exact) mass is 363 g/mol. The van der Waals surface area contributed by atoms with Crippen LogP contribution in [0.3, 0.4) is 0 Å². The smallest absolute Gasteiger partial charge is 0.254 e. The quantitative estimate of drug-likeness (QED) is 0.722. The standard InChI is InChI=1S/C20H21N5O2/c1-27-18-15(14(11-21)12-22)6-7-17(23-18)25-9-8-20(19(25)26)10-13-4-2-3-5-16(13)24-20/h2-7,11-12,21,24H,8-10,22H2,1H3/b14-12+,21-11?. The number of carbonyl (C=O) groups excluding carboxylic acids is 1. The number of nitrogens with two attached hydrogens (primary N) is 1. The van der Waals surface area contributed by atoms with Crippen molar-refractivity contribution in [2.45, 2.75) is 18.4 Å². The van der Waals surface area contributed by atoms with Gasteiger partial charge < -0.3 is 21.2 Å². The number of benzene rings is 1. The molecular formula is C20H21N5O2. The van der Waals surface area contributed by atoms with Gasteiger partial charge in [-0.1, -0.05) is 18.2 Å². The Kier molecular flexibility index (Phi) is 4.07. The van der Waals surface area contributed by atoms with Crippen LogP contribution >= 0.6 is 0 Å². The lowest BCUT2D eigenvalue weighted by molar-refractivity contribution is -0.120. The summed E-state index contributed by atoms with van der Waals surface area (Å²) in [4.78, 5) is 19.4. The normalized spacial score (nSPS) is 21.3. The molecule has 0 radical (unpaired) electrons. The Hall–Kier alpha value is -3.35. The van der Waals surface area contributed by atoms with Crippen LogP contribution in [0.15, 0.2) is 42.6 Å². The zero-order valence-electron chi connectivity index (χ0n) is 15.0. The third kappa shape index (κ3) is 2.63. The minimum Gasteiger partial charge on any atom is -0.480 e. The number of nitrogens with one attached hydrogen (secondary N) is 2. The van der Waals surface area contributed by atoms with Crippen molar-refractivity contribution in [1.29, 1.82) is 5.41 Å². The van der Waals surface area contributed by atoms with Gasteiger partial charge in [0.05, 0.1) is 7.11 Å². The van der Waals surface area contributed by atoms with Crippen molar-refractivity contribution in [2.24, 2.45) is 5.73 Å². The van der Waals surface area contributed by atoms with Crippen LogP contribution in [0.5, 0.6) is 5.88 Å². The summed E-state index contributed by atoms with van der Waals surface area (Å²) in [5.74, 6) is 0.892. The van der Waals surface area contributed by atoms with Crippen molar-refractivity contribution in [3.63, 3.8) is 0 Å². The second-order valence-electron chi connectivity index (χ2n) is 6.74. The highest BCUT2D eigenvalue weighted by atomic mass is 16.5. The summed E-state index contributed by atoms with van der Waals surface area (Å²) in [5, 5.41) is 10.9. The summed E-state index contributed by atoms with van der Waals surface area (Å²) >= 11 is 0. The molecule has 1 spiro atoms. The number of anilines is 2. The minimum absolute atomic E-state index is 0.0163. The number of pyridine rings is 1. The fraction of sp³-hybridized carbons (Fsp3) is 0.250. The number of aromatic nitrogens is 1. The molecule has 27 heavy (non-hydrogen) atoms. The van der Waals surface area contributed by atoms with Gasteiger partial charge in [0.2, 0.25) is 5.88 Å². The van der Waals surface area contributed by atoms with Crippen molar-refractivity contribution in [1.82, 2.24) is 4.98 Å². The van der Waals surface area contributed by atoms with Gasteiger partial charge in [-0.05, 0) is 30.2 Å². The van der Waals surface area contributed by atoms with Crippen molar-refractivity contribution >= 4 is 29.2 Å². The molecule has 1 unspecified atom stereocenters. The average molecular weight is 363 g/mol. The number of para-hydroxylation sites is 1. The van der Waals surface area contributed by atoms with Crippen molar-refractivity contribution in [3.05, 3.63) is 53.7 Å². The molecule has 7 nitrogen and oxygen atoms in total. The van der Waals surface area contributed by atoms with E-state index in [0.717, 1.165) is 17.5 Å². The number of methoxy groups -OCH3 is 1. The van der Waals surface area contributed by atoms with E-state index in [4.69, 9.17) is 15.9 Å². The van der Waals surface area contributed by atoms with Gasteiger partial charge in [0, 0.05) is 42.2 Å². The highest BCUT2D eigenvalue weighted by molar-refractivity contribution is 6.09. The van der Waals surface area contributed by atoms with Crippen LogP contribution in [-0.4, -0.2) is 36.3 Å². The molecule has 1 aromatic carbocycles. The molecule has 2 aliphatic heterocycles. The lowest BCUT2D eigenvalue weighted by Gasteiger charge is -2.24. The molecule has 1 amide bonds. The van der Waals surface area contributed by atoms with Crippen LogP contribution in [0.2, 0.25) is 0 Å². The number of rotatable bonds is 4. The summed E-state index contributed by atoms with van der Waals surface area (Å²) in [6.45, 7) is 0.583. The molecular weight excluding hydrogens is 342 g/mol. The number of allylic oxidation sites excluding steroid dienone is 1. The van der Waals surface area contributed by atoms with Crippen LogP contribution in [0.1, 0.15) is 17.5 Å². The fourth-order valence-corrected chi connectivity index (χ4v) is 3.86. The van der Waals surface area contributed by atoms with E-state index < -0.39 is 5.54 Å². The van der Waals surface area contributed by atoms with E-state index in [2.05, 4.69) is 16.4 Å². The average Bonchev–Trinajstić information content (AvgIpc) is 3.23. The topological polar surface area (TPSA) is 104 Å². The Balaban J connectivity index is 1.64. The highest BCUT2D eigenvalue weighted by Gasteiger charge is 2.50. The van der Waals surface area contributed by atoms with E-state index in [-0.39, 0.29) is 5.91 Å². The number of fused-ring (bicyclic) bond motifs is 1. The molecule has 138 valence electrons. The van der Waals surface area contributed by atoms with E-state index in [1.165, 1.54) is 13.3 Å². The number of amides is 1. The van der Waals surface area contributed by atoms with Crippen molar-refractivity contribution < 1.29 is 9.53 Å². The molecule has 0 bridgehead atoms. The zero-order chi connectivity index (χ0) is 19.0. The van der Waals surface area contributed by atoms with Crippen molar-refractivity contribution in [3.8, 4) is 5.88 Å². The van der Waals surface area contributed by atoms with Crippen LogP contribution in [0, 0.1) is 5.41 Å². The lowest BCUT2D eigenvalue weighted by Crippen LogP contribution is -2.45. The largest absolute Gasteiger partial charge is 0.480 e. The third-order valence-electron chi connectivity index (χ3n) is 5.26. The predicted molar refractivity (Wildman–Crippen MR) is 105 cm³/mol. The molecule has 1 saturated heterocycles. The maximum absolute atomic E-state index is 13.2. The number of hydrogen-bond donors (Lipinski definition) is 3. The molecule has 1 atom stereocenters. The first-order valence-corrected chi connectivity index (χ1v) is 8.78. The first kappa shape index (κ1) is 17.1. The first-order chi connectivity index (χ1) is 13.1. The SMILES string of the molecule is COc1nc(N2CCC3(Cc4ccccc4N3)C2=O)ccc1/C(C=N)=C/N. The number of carbonyl (C=O) groups is 1. The third-order valence-corrected chi connectivity index (χ3v) is 5.26. The second kappa shape index (κ2) is 6.42. The van der Waals surface area contributed by atoms with E-state index in [9.17, 15) is 4.79 Å². The maximum Gasteiger partial charge on any atom is 0.254 e. The fourth-order valence-electron chi connectivity index (χ4n) is 3.86. The van der Waals surface area contributed by atoms with E-state index in [0.29, 0.717) is 42.2 Å². The molecule has 7 heteroatoms. The van der Waals surface area contributed by atoms with Crippen LogP contribution in [0.25, 0.3) is 5.57 Å². The number of nitrogens with zero attached hydrogens (tertiary/aromatic N) is 2. The van der Waals surface area contributed by atoms with Gasteiger partial charge in [0.25, 0.3) is 5.91 Å². The Labute approximate surface area is 157 Å². The maximum atomic E-state index is 13.2. The summed E-state index contributed by atoms with van der Waals surface area (Å²) in [6, 6.07) is 11.6. The zero-order valence-corrected chi connectivity index (χ0v) is 15.0. The molecule has 4 rings (SSSR count). The van der Waals surface area contributed by atoms with Gasteiger partial charge >= 0.3 is 0 Å². The van der Waals surface area contributed by atoms with E-state index in [1.54, 1.807) is 17.0 Å². The van der Waals surface area contributed by atoms with Gasteiger partial charge in [-0.15, -0.1) is 0 Å². The molecule has 0 saturated carbocycles. The van der Waals surface area contributed by atoms with Crippen LogP contribution in [-0.2, 0) is 11.2 Å². The molecule has 1 fully saturated rings. The predicted octanol–water partition coefficient (Wildman–Crippen LogP) is 2.18. The van der Waals surface area contributed by atoms with Crippen LogP contribution < -0.4 is 20.7 Å². The van der Waals surface area contributed by atoms with Gasteiger partial charge in [-0.25, -0.2) is 0 Å². The summed E-state index contributed by atoms with van der Waals surface area (Å²) < 4.78 is 5.37. The van der Waals surface area contributed by atoms with Gasteiger partial charge in [-0.3, -0.25) is 9.69 Å². The van der Waals surface area contributed by atoms with Gasteiger partial charge in [0.15, 0.2) is 0 Å². The Morgan fingerprint density at radius 2 is 2.19 bits per heavy atom. The minimum atomic E-state index is -0.603. The Morgan fingerprint density at radius 3 is 2.89 bits per heavy atom. The van der Waals surface area contributed by atoms with E-state index >= 15 is 0 Å². The Morgan fingerprint density at radius 1 is 1.37 bits per heavy atom. The van der Waals surface area contributed by atoms with E-state index in [1.807, 2.05) is 18.2 Å². The molecule has 3 heterocycles. The molecule has 0 aliphatic carbocycles. The highest BCUT2D eigenvalue weighted by Crippen LogP contribution is 2.40. The summed E-state index contributed by atoms with van der Waals surface area (Å²) in [6.07, 6.45) is 3.87. The first-order valence-electron chi connectivity index (χ1n) is 8.78. The lowest BCUT2D eigenvalue weighted by atomic mass is 9.94.